The SMILES string of the molecule is N#CCOc1cc(N)ccc1N. The van der Waals surface area contributed by atoms with Gasteiger partial charge < -0.3 is 16.2 Å². The van der Waals surface area contributed by atoms with Crippen molar-refractivity contribution in [3.63, 3.8) is 0 Å². The predicted octanol–water partition coefficient (Wildman–Crippen LogP) is 0.753. The van der Waals surface area contributed by atoms with E-state index < -0.39 is 0 Å². The van der Waals surface area contributed by atoms with Crippen LogP contribution in [0.2, 0.25) is 0 Å². The first-order chi connectivity index (χ1) is 5.74. The Bertz CT molecular complexity index is 317. The van der Waals surface area contributed by atoms with Crippen LogP contribution in [0.25, 0.3) is 0 Å². The highest BCUT2D eigenvalue weighted by Gasteiger charge is 1.99. The lowest BCUT2D eigenvalue weighted by Crippen LogP contribution is -1.98. The molecule has 62 valence electrons. The molecule has 4 N–H and O–H groups in total. The van der Waals surface area contributed by atoms with Gasteiger partial charge in [0.25, 0.3) is 0 Å². The first-order valence-corrected chi connectivity index (χ1v) is 3.39. The van der Waals surface area contributed by atoms with Crippen molar-refractivity contribution in [1.82, 2.24) is 0 Å². The maximum absolute atomic E-state index is 8.24. The van der Waals surface area contributed by atoms with Gasteiger partial charge in [-0.25, -0.2) is 0 Å². The molecule has 0 unspecified atom stereocenters. The average molecular weight is 163 g/mol. The van der Waals surface area contributed by atoms with E-state index >= 15 is 0 Å². The van der Waals surface area contributed by atoms with Crippen LogP contribution in [-0.4, -0.2) is 6.61 Å². The number of rotatable bonds is 2. The maximum Gasteiger partial charge on any atom is 0.174 e. The first-order valence-electron chi connectivity index (χ1n) is 3.39. The second-order valence-corrected chi connectivity index (χ2v) is 2.24. The smallest absolute Gasteiger partial charge is 0.174 e. The van der Waals surface area contributed by atoms with Crippen molar-refractivity contribution in [2.24, 2.45) is 0 Å². The molecule has 0 aromatic heterocycles. The summed E-state index contributed by atoms with van der Waals surface area (Å²) >= 11 is 0. The summed E-state index contributed by atoms with van der Waals surface area (Å²) in [5, 5.41) is 8.24. The Kier molecular flexibility index (Phi) is 2.38. The van der Waals surface area contributed by atoms with E-state index in [0.717, 1.165) is 0 Å². The third-order valence-corrected chi connectivity index (χ3v) is 1.33. The van der Waals surface area contributed by atoms with Gasteiger partial charge in [0.15, 0.2) is 6.61 Å². The monoisotopic (exact) mass is 163 g/mol. The Morgan fingerprint density at radius 3 is 2.83 bits per heavy atom. The maximum atomic E-state index is 8.24. The van der Waals surface area contributed by atoms with E-state index in [1.165, 1.54) is 0 Å². The van der Waals surface area contributed by atoms with Crippen LogP contribution < -0.4 is 16.2 Å². The summed E-state index contributed by atoms with van der Waals surface area (Å²) in [4.78, 5) is 0. The number of hydrogen-bond acceptors (Lipinski definition) is 4. The van der Waals surface area contributed by atoms with Gasteiger partial charge in [0, 0.05) is 11.8 Å². The van der Waals surface area contributed by atoms with E-state index in [4.69, 9.17) is 21.5 Å². The Morgan fingerprint density at radius 2 is 2.17 bits per heavy atom. The highest BCUT2D eigenvalue weighted by molar-refractivity contribution is 5.59. The molecule has 0 fully saturated rings. The molecule has 0 heterocycles. The van der Waals surface area contributed by atoms with E-state index in [9.17, 15) is 0 Å². The van der Waals surface area contributed by atoms with E-state index in [0.29, 0.717) is 17.1 Å². The summed E-state index contributed by atoms with van der Waals surface area (Å²) < 4.78 is 5.00. The van der Waals surface area contributed by atoms with Gasteiger partial charge in [0.05, 0.1) is 5.69 Å². The summed E-state index contributed by atoms with van der Waals surface area (Å²) in [5.74, 6) is 0.455. The topological polar surface area (TPSA) is 85.1 Å². The Balaban J connectivity index is 2.84. The standard InChI is InChI=1S/C8H9N3O/c9-3-4-12-8-5-6(10)1-2-7(8)11/h1-2,5H,4,10-11H2. The molecule has 0 saturated heterocycles. The van der Waals surface area contributed by atoms with Gasteiger partial charge in [-0.05, 0) is 12.1 Å². The zero-order valence-corrected chi connectivity index (χ0v) is 6.45. The lowest BCUT2D eigenvalue weighted by molar-refractivity contribution is 0.370. The van der Waals surface area contributed by atoms with Crippen LogP contribution in [-0.2, 0) is 0 Å². The van der Waals surface area contributed by atoms with Crippen LogP contribution in [0, 0.1) is 11.3 Å². The van der Waals surface area contributed by atoms with Crippen molar-refractivity contribution < 1.29 is 4.74 Å². The van der Waals surface area contributed by atoms with Crippen molar-refractivity contribution in [2.45, 2.75) is 0 Å². The number of anilines is 2. The van der Waals surface area contributed by atoms with Crippen LogP contribution in [0.15, 0.2) is 18.2 Å². The average Bonchev–Trinajstić information content (AvgIpc) is 2.07. The summed E-state index contributed by atoms with van der Waals surface area (Å²) in [6, 6.07) is 6.75. The molecule has 0 bridgehead atoms. The molecule has 0 saturated carbocycles. The Hall–Kier alpha value is -1.89. The molecule has 1 aromatic rings. The van der Waals surface area contributed by atoms with E-state index in [-0.39, 0.29) is 6.61 Å². The fourth-order valence-corrected chi connectivity index (χ4v) is 0.786. The van der Waals surface area contributed by atoms with Crippen molar-refractivity contribution in [3.05, 3.63) is 18.2 Å². The molecular weight excluding hydrogens is 154 g/mol. The normalized spacial score (nSPS) is 8.92. The third-order valence-electron chi connectivity index (χ3n) is 1.33. The largest absolute Gasteiger partial charge is 0.477 e. The first kappa shape index (κ1) is 8.21. The summed E-state index contributed by atoms with van der Waals surface area (Å²) in [5.41, 5.74) is 12.1. The number of nitrogens with zero attached hydrogens (tertiary/aromatic N) is 1. The minimum atomic E-state index is -0.0202. The lowest BCUT2D eigenvalue weighted by atomic mass is 10.2. The number of benzene rings is 1. The number of hydrogen-bond donors (Lipinski definition) is 2. The van der Waals surface area contributed by atoms with Gasteiger partial charge in [-0.3, -0.25) is 0 Å². The molecule has 4 heteroatoms. The molecule has 0 aliphatic rings. The van der Waals surface area contributed by atoms with Gasteiger partial charge in [0.1, 0.15) is 11.8 Å². The van der Waals surface area contributed by atoms with Crippen molar-refractivity contribution in [2.75, 3.05) is 18.1 Å². The number of ether oxygens (including phenoxy) is 1. The number of nitrogen functional groups attached to an aromatic ring is 2. The second-order valence-electron chi connectivity index (χ2n) is 2.24. The highest BCUT2D eigenvalue weighted by atomic mass is 16.5. The zero-order chi connectivity index (χ0) is 8.97. The van der Waals surface area contributed by atoms with Gasteiger partial charge >= 0.3 is 0 Å². The Labute approximate surface area is 70.3 Å². The fourth-order valence-electron chi connectivity index (χ4n) is 0.786. The summed E-state index contributed by atoms with van der Waals surface area (Å²) in [6.45, 7) is -0.0202. The minimum Gasteiger partial charge on any atom is -0.477 e. The summed E-state index contributed by atoms with van der Waals surface area (Å²) in [7, 11) is 0. The van der Waals surface area contributed by atoms with Crippen molar-refractivity contribution in [3.8, 4) is 11.8 Å². The summed E-state index contributed by atoms with van der Waals surface area (Å²) in [6.07, 6.45) is 0. The molecule has 0 spiro atoms. The second kappa shape index (κ2) is 3.49. The quantitative estimate of drug-likeness (QED) is 0.630. The molecule has 0 aliphatic carbocycles. The van der Waals surface area contributed by atoms with Crippen molar-refractivity contribution >= 4 is 11.4 Å². The minimum absolute atomic E-state index is 0.0202. The molecule has 0 atom stereocenters. The number of nitrogens with two attached hydrogens (primary N) is 2. The van der Waals surface area contributed by atoms with Gasteiger partial charge in [-0.1, -0.05) is 0 Å². The van der Waals surface area contributed by atoms with Gasteiger partial charge in [0.2, 0.25) is 0 Å². The van der Waals surface area contributed by atoms with Crippen LogP contribution in [0.4, 0.5) is 11.4 Å². The van der Waals surface area contributed by atoms with Gasteiger partial charge in [-0.15, -0.1) is 0 Å². The molecule has 0 radical (unpaired) electrons. The van der Waals surface area contributed by atoms with E-state index in [2.05, 4.69) is 0 Å². The fraction of sp³-hybridized carbons (Fsp3) is 0.125. The lowest BCUT2D eigenvalue weighted by Gasteiger charge is -2.05. The van der Waals surface area contributed by atoms with Crippen molar-refractivity contribution in [1.29, 1.82) is 5.26 Å². The van der Waals surface area contributed by atoms with Crippen LogP contribution in [0.5, 0.6) is 5.75 Å². The molecule has 4 nitrogen and oxygen atoms in total. The number of nitriles is 1. The van der Waals surface area contributed by atoms with Crippen LogP contribution in [0.1, 0.15) is 0 Å². The highest BCUT2D eigenvalue weighted by Crippen LogP contribution is 2.23. The molecular formula is C8H9N3O. The molecule has 1 aromatic carbocycles. The van der Waals surface area contributed by atoms with Gasteiger partial charge in [-0.2, -0.15) is 5.26 Å². The molecule has 0 aliphatic heterocycles. The molecule has 12 heavy (non-hydrogen) atoms. The predicted molar refractivity (Wildman–Crippen MR) is 46.4 cm³/mol. The van der Waals surface area contributed by atoms with E-state index in [1.54, 1.807) is 18.2 Å². The van der Waals surface area contributed by atoms with Crippen LogP contribution >= 0.6 is 0 Å². The zero-order valence-electron chi connectivity index (χ0n) is 6.45. The molecule has 0 amide bonds. The van der Waals surface area contributed by atoms with Crippen LogP contribution in [0.3, 0.4) is 0 Å². The Morgan fingerprint density at radius 1 is 1.42 bits per heavy atom. The van der Waals surface area contributed by atoms with E-state index in [1.807, 2.05) is 6.07 Å². The third kappa shape index (κ3) is 1.80. The molecule has 1 rings (SSSR count).